The first-order valence-corrected chi connectivity index (χ1v) is 10.6. The van der Waals surface area contributed by atoms with Crippen LogP contribution in [0.5, 0.6) is 0 Å². The summed E-state index contributed by atoms with van der Waals surface area (Å²) in [5.41, 5.74) is 3.41. The highest BCUT2D eigenvalue weighted by atomic mass is 32.1. The predicted molar refractivity (Wildman–Crippen MR) is 112 cm³/mol. The lowest BCUT2D eigenvalue weighted by Gasteiger charge is -2.33. The standard InChI is InChI=1S/C21H25N5OS/c1-15-5-3-4-10-26(15)12-16-6-8-18(9-7-16)23-20(27)19-14-28-21(24-19)17-11-22-25(2)13-17/h6-9,11,13-15H,3-5,10,12H2,1-2H3,(H,23,27). The molecule has 6 nitrogen and oxygen atoms in total. The highest BCUT2D eigenvalue weighted by Gasteiger charge is 2.18. The molecule has 1 unspecified atom stereocenters. The molecule has 1 aromatic carbocycles. The molecule has 0 radical (unpaired) electrons. The molecule has 28 heavy (non-hydrogen) atoms. The van der Waals surface area contributed by atoms with Gasteiger partial charge in [0.2, 0.25) is 0 Å². The number of piperidine rings is 1. The second kappa shape index (κ2) is 8.24. The van der Waals surface area contributed by atoms with E-state index in [9.17, 15) is 4.79 Å². The Morgan fingerprint density at radius 2 is 2.11 bits per heavy atom. The summed E-state index contributed by atoms with van der Waals surface area (Å²) < 4.78 is 1.72. The van der Waals surface area contributed by atoms with Crippen LogP contribution in [0.1, 0.15) is 42.2 Å². The molecule has 0 aliphatic carbocycles. The van der Waals surface area contributed by atoms with E-state index < -0.39 is 0 Å². The van der Waals surface area contributed by atoms with E-state index in [4.69, 9.17) is 0 Å². The lowest BCUT2D eigenvalue weighted by atomic mass is 10.0. The number of rotatable bonds is 5. The zero-order valence-electron chi connectivity index (χ0n) is 16.3. The lowest BCUT2D eigenvalue weighted by molar-refractivity contribution is 0.102. The number of carbonyl (C=O) groups excluding carboxylic acids is 1. The Morgan fingerprint density at radius 3 is 2.82 bits per heavy atom. The van der Waals surface area contributed by atoms with Crippen molar-refractivity contribution in [3.63, 3.8) is 0 Å². The van der Waals surface area contributed by atoms with Crippen LogP contribution in [0, 0.1) is 0 Å². The molecule has 1 saturated heterocycles. The second-order valence-electron chi connectivity index (χ2n) is 7.41. The van der Waals surface area contributed by atoms with Crippen LogP contribution in [0.2, 0.25) is 0 Å². The van der Waals surface area contributed by atoms with E-state index in [2.05, 4.69) is 39.4 Å². The summed E-state index contributed by atoms with van der Waals surface area (Å²) >= 11 is 1.45. The number of anilines is 1. The molecule has 3 aromatic rings. The van der Waals surface area contributed by atoms with E-state index in [1.54, 1.807) is 16.3 Å². The monoisotopic (exact) mass is 395 g/mol. The maximum absolute atomic E-state index is 12.5. The molecule has 3 heterocycles. The lowest BCUT2D eigenvalue weighted by Crippen LogP contribution is -2.36. The van der Waals surface area contributed by atoms with E-state index in [0.717, 1.165) is 22.8 Å². The molecule has 146 valence electrons. The van der Waals surface area contributed by atoms with Crippen molar-refractivity contribution in [3.8, 4) is 10.6 Å². The van der Waals surface area contributed by atoms with E-state index in [1.165, 1.54) is 42.7 Å². The highest BCUT2D eigenvalue weighted by molar-refractivity contribution is 7.13. The molecule has 4 rings (SSSR count). The first-order chi connectivity index (χ1) is 13.6. The number of hydrogen-bond acceptors (Lipinski definition) is 5. The van der Waals surface area contributed by atoms with Gasteiger partial charge >= 0.3 is 0 Å². The van der Waals surface area contributed by atoms with Crippen molar-refractivity contribution in [1.29, 1.82) is 0 Å². The number of likely N-dealkylation sites (tertiary alicyclic amines) is 1. The number of amides is 1. The van der Waals surface area contributed by atoms with E-state index in [1.807, 2.05) is 25.4 Å². The number of aromatic nitrogens is 3. The summed E-state index contributed by atoms with van der Waals surface area (Å²) in [6, 6.07) is 8.77. The van der Waals surface area contributed by atoms with Crippen molar-refractivity contribution in [3.05, 3.63) is 53.3 Å². The number of benzene rings is 1. The van der Waals surface area contributed by atoms with Gasteiger partial charge in [-0.2, -0.15) is 5.10 Å². The Kier molecular flexibility index (Phi) is 5.54. The number of nitrogens with one attached hydrogen (secondary N) is 1. The normalized spacial score (nSPS) is 17.6. The quantitative estimate of drug-likeness (QED) is 0.704. The van der Waals surface area contributed by atoms with Gasteiger partial charge < -0.3 is 5.32 Å². The maximum Gasteiger partial charge on any atom is 0.275 e. The predicted octanol–water partition coefficient (Wildman–Crippen LogP) is 4.17. The van der Waals surface area contributed by atoms with Crippen LogP contribution in [0.15, 0.2) is 42.0 Å². The van der Waals surface area contributed by atoms with Crippen LogP contribution in [-0.4, -0.2) is 38.2 Å². The summed E-state index contributed by atoms with van der Waals surface area (Å²) in [7, 11) is 1.86. The molecule has 0 spiro atoms. The van der Waals surface area contributed by atoms with E-state index in [-0.39, 0.29) is 5.91 Å². The zero-order valence-corrected chi connectivity index (χ0v) is 17.1. The Morgan fingerprint density at radius 1 is 1.29 bits per heavy atom. The Hall–Kier alpha value is -2.51. The molecule has 1 aliphatic heterocycles. The average molecular weight is 396 g/mol. The number of nitrogens with zero attached hydrogens (tertiary/aromatic N) is 4. The first kappa shape index (κ1) is 18.8. The summed E-state index contributed by atoms with van der Waals surface area (Å²) in [6.45, 7) is 4.44. The van der Waals surface area contributed by atoms with Crippen molar-refractivity contribution in [2.75, 3.05) is 11.9 Å². The molecular formula is C21H25N5OS. The highest BCUT2D eigenvalue weighted by Crippen LogP contribution is 2.24. The number of carbonyl (C=O) groups is 1. The largest absolute Gasteiger partial charge is 0.321 e. The van der Waals surface area contributed by atoms with Gasteiger partial charge in [-0.3, -0.25) is 14.4 Å². The van der Waals surface area contributed by atoms with Crippen LogP contribution >= 0.6 is 11.3 Å². The molecule has 0 saturated carbocycles. The molecule has 1 amide bonds. The molecule has 1 N–H and O–H groups in total. The average Bonchev–Trinajstić information content (AvgIpc) is 3.34. The van der Waals surface area contributed by atoms with Crippen LogP contribution < -0.4 is 5.32 Å². The van der Waals surface area contributed by atoms with Gasteiger partial charge in [0, 0.05) is 42.5 Å². The minimum atomic E-state index is -0.191. The van der Waals surface area contributed by atoms with Crippen molar-refractivity contribution in [1.82, 2.24) is 19.7 Å². The van der Waals surface area contributed by atoms with E-state index >= 15 is 0 Å². The number of hydrogen-bond donors (Lipinski definition) is 1. The molecular weight excluding hydrogens is 370 g/mol. The van der Waals surface area contributed by atoms with Crippen LogP contribution in [0.4, 0.5) is 5.69 Å². The van der Waals surface area contributed by atoms with Gasteiger partial charge in [-0.05, 0) is 44.0 Å². The SMILES string of the molecule is CC1CCCCN1Cc1ccc(NC(=O)c2csc(-c3cnn(C)c3)n2)cc1. The van der Waals surface area contributed by atoms with Crippen molar-refractivity contribution < 1.29 is 4.79 Å². The Labute approximate surface area is 169 Å². The Balaban J connectivity index is 1.37. The van der Waals surface area contributed by atoms with Crippen LogP contribution in [0.25, 0.3) is 10.6 Å². The van der Waals surface area contributed by atoms with Gasteiger partial charge in [0.1, 0.15) is 10.7 Å². The van der Waals surface area contributed by atoms with Gasteiger partial charge in [-0.1, -0.05) is 18.6 Å². The molecule has 1 atom stereocenters. The third kappa shape index (κ3) is 4.31. The van der Waals surface area contributed by atoms with Crippen molar-refractivity contribution in [2.45, 2.75) is 38.8 Å². The van der Waals surface area contributed by atoms with Crippen molar-refractivity contribution >= 4 is 22.9 Å². The first-order valence-electron chi connectivity index (χ1n) is 9.67. The van der Waals surface area contributed by atoms with Gasteiger partial charge in [0.25, 0.3) is 5.91 Å². The maximum atomic E-state index is 12.5. The summed E-state index contributed by atoms with van der Waals surface area (Å²) in [5, 5.41) is 9.66. The number of aryl methyl sites for hydroxylation is 1. The fourth-order valence-electron chi connectivity index (χ4n) is 3.56. The van der Waals surface area contributed by atoms with Gasteiger partial charge in [0.15, 0.2) is 0 Å². The molecule has 7 heteroatoms. The molecule has 2 aromatic heterocycles. The van der Waals surface area contributed by atoms with Gasteiger partial charge in [-0.15, -0.1) is 11.3 Å². The summed E-state index contributed by atoms with van der Waals surface area (Å²) in [4.78, 5) is 19.5. The second-order valence-corrected chi connectivity index (χ2v) is 8.27. The molecule has 1 fully saturated rings. The van der Waals surface area contributed by atoms with Gasteiger partial charge in [-0.25, -0.2) is 4.98 Å². The van der Waals surface area contributed by atoms with Crippen LogP contribution in [-0.2, 0) is 13.6 Å². The minimum Gasteiger partial charge on any atom is -0.321 e. The summed E-state index contributed by atoms with van der Waals surface area (Å²) in [6.07, 6.45) is 7.54. The fraction of sp³-hybridized carbons (Fsp3) is 0.381. The third-order valence-electron chi connectivity index (χ3n) is 5.23. The number of thiazole rings is 1. The minimum absolute atomic E-state index is 0.191. The molecule has 0 bridgehead atoms. The van der Waals surface area contributed by atoms with Crippen LogP contribution in [0.3, 0.4) is 0 Å². The van der Waals surface area contributed by atoms with Gasteiger partial charge in [0.05, 0.1) is 6.20 Å². The molecule has 1 aliphatic rings. The van der Waals surface area contributed by atoms with Crippen molar-refractivity contribution in [2.24, 2.45) is 7.05 Å². The van der Waals surface area contributed by atoms with E-state index in [0.29, 0.717) is 11.7 Å². The summed E-state index contributed by atoms with van der Waals surface area (Å²) in [5.74, 6) is -0.191. The Bertz CT molecular complexity index is 946. The smallest absolute Gasteiger partial charge is 0.275 e. The zero-order chi connectivity index (χ0) is 19.5. The topological polar surface area (TPSA) is 63.1 Å². The third-order valence-corrected chi connectivity index (χ3v) is 6.12. The fourth-order valence-corrected chi connectivity index (χ4v) is 4.33.